The maximum atomic E-state index is 13.2. The summed E-state index contributed by atoms with van der Waals surface area (Å²) in [5.74, 6) is 0.0497. The smallest absolute Gasteiger partial charge is 0.248 e. The number of halogens is 2. The molecule has 1 atom stereocenters. The zero-order valence-corrected chi connectivity index (χ0v) is 15.9. The number of hydrogen-bond acceptors (Lipinski definition) is 4. The number of aromatic nitrogens is 3. The molecule has 6 nitrogen and oxygen atoms in total. The van der Waals surface area contributed by atoms with Gasteiger partial charge in [-0.15, -0.1) is 5.10 Å². The van der Waals surface area contributed by atoms with Crippen molar-refractivity contribution in [3.8, 4) is 11.4 Å². The molecule has 0 aliphatic carbocycles. The molecule has 1 aromatic heterocycles. The SMILES string of the molecule is CC1=C(C(N)=O)C(c2cccc(Br)c2)n2nc(-c3ccc(F)cc3)nc2N1. The lowest BCUT2D eigenvalue weighted by Crippen LogP contribution is -2.31. The zero-order valence-electron chi connectivity index (χ0n) is 14.3. The number of nitrogens with zero attached hydrogens (tertiary/aromatic N) is 3. The van der Waals surface area contributed by atoms with E-state index in [9.17, 15) is 9.18 Å². The standard InChI is InChI=1S/C19H15BrFN5O/c1-10-15(17(22)27)16(12-3-2-4-13(20)9-12)26-19(23-10)24-18(25-26)11-5-7-14(21)8-6-11/h2-9,16H,1H3,(H2,22,27)(H,23,24,25). The number of primary amides is 1. The maximum absolute atomic E-state index is 13.2. The van der Waals surface area contributed by atoms with Gasteiger partial charge in [0.05, 0.1) is 5.57 Å². The van der Waals surface area contributed by atoms with Crippen molar-refractivity contribution in [1.82, 2.24) is 14.8 Å². The molecule has 3 N–H and O–H groups in total. The van der Waals surface area contributed by atoms with Crippen molar-refractivity contribution >= 4 is 27.8 Å². The number of fused-ring (bicyclic) bond motifs is 1. The van der Waals surface area contributed by atoms with E-state index in [1.54, 1.807) is 23.7 Å². The number of carbonyl (C=O) groups excluding carboxylic acids is 1. The first-order chi connectivity index (χ1) is 12.9. The van der Waals surface area contributed by atoms with E-state index in [1.807, 2.05) is 24.3 Å². The highest BCUT2D eigenvalue weighted by atomic mass is 79.9. The van der Waals surface area contributed by atoms with Gasteiger partial charge in [-0.2, -0.15) is 4.98 Å². The third kappa shape index (κ3) is 3.12. The summed E-state index contributed by atoms with van der Waals surface area (Å²) in [7, 11) is 0. The monoisotopic (exact) mass is 427 g/mol. The highest BCUT2D eigenvalue weighted by Gasteiger charge is 2.33. The molecule has 1 aliphatic rings. The van der Waals surface area contributed by atoms with Crippen LogP contribution >= 0.6 is 15.9 Å². The van der Waals surface area contributed by atoms with E-state index in [-0.39, 0.29) is 5.82 Å². The van der Waals surface area contributed by atoms with Crippen molar-refractivity contribution in [1.29, 1.82) is 0 Å². The van der Waals surface area contributed by atoms with E-state index >= 15 is 0 Å². The fraction of sp³-hybridized carbons (Fsp3) is 0.105. The van der Waals surface area contributed by atoms with E-state index in [4.69, 9.17) is 5.73 Å². The molecule has 0 spiro atoms. The van der Waals surface area contributed by atoms with Gasteiger partial charge in [-0.3, -0.25) is 4.79 Å². The van der Waals surface area contributed by atoms with Gasteiger partial charge < -0.3 is 11.1 Å². The van der Waals surface area contributed by atoms with Gasteiger partial charge in [-0.25, -0.2) is 9.07 Å². The average molecular weight is 428 g/mol. The third-order valence-corrected chi connectivity index (χ3v) is 4.88. The molecule has 27 heavy (non-hydrogen) atoms. The molecule has 8 heteroatoms. The second-order valence-corrected chi connectivity index (χ2v) is 7.11. The van der Waals surface area contributed by atoms with Crippen LogP contribution in [0.25, 0.3) is 11.4 Å². The minimum atomic E-state index is -0.533. The van der Waals surface area contributed by atoms with Crippen LogP contribution in [0.2, 0.25) is 0 Å². The van der Waals surface area contributed by atoms with Crippen LogP contribution in [-0.2, 0) is 4.79 Å². The summed E-state index contributed by atoms with van der Waals surface area (Å²) in [6.45, 7) is 1.78. The van der Waals surface area contributed by atoms with Crippen LogP contribution < -0.4 is 11.1 Å². The van der Waals surface area contributed by atoms with Gasteiger partial charge in [0.25, 0.3) is 0 Å². The first-order valence-electron chi connectivity index (χ1n) is 8.19. The van der Waals surface area contributed by atoms with Crippen molar-refractivity contribution in [3.05, 3.63) is 75.7 Å². The molecule has 0 saturated carbocycles. The van der Waals surface area contributed by atoms with Gasteiger partial charge in [-0.1, -0.05) is 28.1 Å². The summed E-state index contributed by atoms with van der Waals surface area (Å²) in [5, 5.41) is 7.66. The summed E-state index contributed by atoms with van der Waals surface area (Å²) in [5.41, 5.74) is 8.22. The molecule has 1 amide bonds. The fourth-order valence-corrected chi connectivity index (χ4v) is 3.59. The van der Waals surface area contributed by atoms with Gasteiger partial charge in [0.15, 0.2) is 5.82 Å². The van der Waals surface area contributed by atoms with Crippen LogP contribution in [0, 0.1) is 5.82 Å². The minimum absolute atomic E-state index is 0.332. The Morgan fingerprint density at radius 1 is 1.26 bits per heavy atom. The van der Waals surface area contributed by atoms with Crippen molar-refractivity contribution < 1.29 is 9.18 Å². The van der Waals surface area contributed by atoms with Crippen molar-refractivity contribution in [2.75, 3.05) is 5.32 Å². The Kier molecular flexibility index (Phi) is 4.27. The number of rotatable bonds is 3. The van der Waals surface area contributed by atoms with E-state index in [0.717, 1.165) is 10.0 Å². The van der Waals surface area contributed by atoms with Gasteiger partial charge >= 0.3 is 0 Å². The molecule has 4 rings (SSSR count). The molecule has 3 aromatic rings. The van der Waals surface area contributed by atoms with Crippen LogP contribution in [0.5, 0.6) is 0 Å². The number of nitrogens with one attached hydrogen (secondary N) is 1. The second kappa shape index (κ2) is 6.62. The molecule has 2 heterocycles. The first kappa shape index (κ1) is 17.4. The molecule has 1 aliphatic heterocycles. The normalized spacial score (nSPS) is 16.0. The van der Waals surface area contributed by atoms with Crippen molar-refractivity contribution in [2.24, 2.45) is 5.73 Å². The Morgan fingerprint density at radius 2 is 2.00 bits per heavy atom. The number of carbonyl (C=O) groups is 1. The molecule has 2 aromatic carbocycles. The summed E-state index contributed by atoms with van der Waals surface area (Å²) < 4.78 is 15.7. The summed E-state index contributed by atoms with van der Waals surface area (Å²) >= 11 is 3.46. The summed E-state index contributed by atoms with van der Waals surface area (Å²) in [6, 6.07) is 13.0. The van der Waals surface area contributed by atoms with Crippen LogP contribution in [-0.4, -0.2) is 20.7 Å². The van der Waals surface area contributed by atoms with E-state index in [2.05, 4.69) is 31.3 Å². The van der Waals surface area contributed by atoms with Crippen molar-refractivity contribution in [2.45, 2.75) is 13.0 Å². The Labute approximate surface area is 163 Å². The van der Waals surface area contributed by atoms with Crippen LogP contribution in [0.4, 0.5) is 10.3 Å². The third-order valence-electron chi connectivity index (χ3n) is 4.38. The molecule has 0 fully saturated rings. The average Bonchev–Trinajstić information content (AvgIpc) is 3.04. The number of hydrogen-bond donors (Lipinski definition) is 2. The Hall–Kier alpha value is -3.00. The molecule has 0 saturated heterocycles. The van der Waals surface area contributed by atoms with E-state index in [0.29, 0.717) is 28.6 Å². The van der Waals surface area contributed by atoms with Gasteiger partial charge in [-0.05, 0) is 48.9 Å². The predicted molar refractivity (Wildman–Crippen MR) is 103 cm³/mol. The maximum Gasteiger partial charge on any atom is 0.248 e. The number of nitrogens with two attached hydrogens (primary N) is 1. The molecule has 0 bridgehead atoms. The lowest BCUT2D eigenvalue weighted by molar-refractivity contribution is -0.115. The van der Waals surface area contributed by atoms with E-state index in [1.165, 1.54) is 12.1 Å². The van der Waals surface area contributed by atoms with Gasteiger partial charge in [0, 0.05) is 15.7 Å². The van der Waals surface area contributed by atoms with Crippen molar-refractivity contribution in [3.63, 3.8) is 0 Å². The Morgan fingerprint density at radius 3 is 2.67 bits per heavy atom. The summed E-state index contributed by atoms with van der Waals surface area (Å²) in [4.78, 5) is 16.7. The van der Waals surface area contributed by atoms with E-state index < -0.39 is 11.9 Å². The zero-order chi connectivity index (χ0) is 19.1. The van der Waals surface area contributed by atoms with Gasteiger partial charge in [0.1, 0.15) is 11.9 Å². The Balaban J connectivity index is 1.88. The highest BCUT2D eigenvalue weighted by molar-refractivity contribution is 9.10. The fourth-order valence-electron chi connectivity index (χ4n) is 3.18. The number of benzene rings is 2. The number of allylic oxidation sites excluding steroid dienone is 1. The minimum Gasteiger partial charge on any atom is -0.366 e. The predicted octanol–water partition coefficient (Wildman–Crippen LogP) is 3.62. The molecule has 0 radical (unpaired) electrons. The van der Waals surface area contributed by atoms with Crippen LogP contribution in [0.15, 0.2) is 64.3 Å². The van der Waals surface area contributed by atoms with Crippen LogP contribution in [0.3, 0.4) is 0 Å². The topological polar surface area (TPSA) is 85.8 Å². The van der Waals surface area contributed by atoms with Crippen LogP contribution in [0.1, 0.15) is 18.5 Å². The molecule has 136 valence electrons. The Bertz CT molecular complexity index is 1070. The lowest BCUT2D eigenvalue weighted by atomic mass is 9.95. The quantitative estimate of drug-likeness (QED) is 0.668. The summed E-state index contributed by atoms with van der Waals surface area (Å²) in [6.07, 6.45) is 0. The number of anilines is 1. The molecule has 1 unspecified atom stereocenters. The molecular weight excluding hydrogens is 413 g/mol. The lowest BCUT2D eigenvalue weighted by Gasteiger charge is -2.27. The highest BCUT2D eigenvalue weighted by Crippen LogP contribution is 2.36. The second-order valence-electron chi connectivity index (χ2n) is 6.20. The first-order valence-corrected chi connectivity index (χ1v) is 8.99. The number of amides is 1. The largest absolute Gasteiger partial charge is 0.366 e. The van der Waals surface area contributed by atoms with Gasteiger partial charge in [0.2, 0.25) is 11.9 Å². The molecular formula is C19H15BrFN5O.